The lowest BCUT2D eigenvalue weighted by atomic mass is 9.56. The average molecular weight is 583 g/mol. The summed E-state index contributed by atoms with van der Waals surface area (Å²) in [5.74, 6) is 2.53. The summed E-state index contributed by atoms with van der Waals surface area (Å²) in [5.41, 5.74) is 6.44. The van der Waals surface area contributed by atoms with Gasteiger partial charge in [0, 0.05) is 41.3 Å². The summed E-state index contributed by atoms with van der Waals surface area (Å²) in [6.07, 6.45) is 9.36. The van der Waals surface area contributed by atoms with E-state index in [2.05, 4.69) is 90.4 Å². The molecule has 42 heavy (non-hydrogen) atoms. The number of hydrogen-bond donors (Lipinski definition) is 1. The zero-order valence-corrected chi connectivity index (χ0v) is 28.2. The Balaban J connectivity index is 1.78. The Morgan fingerprint density at radius 3 is 2.19 bits per heavy atom. The molecule has 0 aliphatic carbocycles. The van der Waals surface area contributed by atoms with Crippen molar-refractivity contribution in [1.82, 2.24) is 24.8 Å². The summed E-state index contributed by atoms with van der Waals surface area (Å²) >= 11 is 0. The second-order valence-electron chi connectivity index (χ2n) is 15.8. The predicted molar refractivity (Wildman–Crippen MR) is 172 cm³/mol. The maximum atomic E-state index is 7.39. The lowest BCUT2D eigenvalue weighted by molar-refractivity contribution is -0.0826. The smallest absolute Gasteiger partial charge is 0.229 e. The largest absolute Gasteiger partial charge is 0.378 e. The van der Waals surface area contributed by atoms with Gasteiger partial charge in [0.15, 0.2) is 0 Å². The normalized spacial score (nSPS) is 35.1. The first-order valence-electron chi connectivity index (χ1n) is 16.4. The monoisotopic (exact) mass is 582 g/mol. The van der Waals surface area contributed by atoms with Crippen LogP contribution in [-0.4, -0.2) is 106 Å². The third-order valence-electron chi connectivity index (χ3n) is 12.1. The van der Waals surface area contributed by atoms with Gasteiger partial charge in [-0.15, -0.1) is 0 Å². The first kappa shape index (κ1) is 31.7. The average Bonchev–Trinajstić information content (AvgIpc) is 2.92. The fourth-order valence-corrected chi connectivity index (χ4v) is 8.90. The van der Waals surface area contributed by atoms with Crippen LogP contribution in [0.15, 0.2) is 4.99 Å². The summed E-state index contributed by atoms with van der Waals surface area (Å²) in [6, 6.07) is 0.00924. The molecular formula is C33H58N8O. The summed E-state index contributed by atoms with van der Waals surface area (Å²) in [4.78, 5) is 29.0. The minimum absolute atomic E-state index is 0.00208. The van der Waals surface area contributed by atoms with Gasteiger partial charge in [-0.3, -0.25) is 14.8 Å². The summed E-state index contributed by atoms with van der Waals surface area (Å²) < 4.78 is 5.74. The minimum atomic E-state index is -0.426. The van der Waals surface area contributed by atoms with Crippen LogP contribution in [0.25, 0.3) is 0 Å². The van der Waals surface area contributed by atoms with Crippen molar-refractivity contribution in [2.45, 2.75) is 146 Å². The Bertz CT molecular complexity index is 1160. The molecule has 9 nitrogen and oxygen atoms in total. The van der Waals surface area contributed by atoms with Crippen LogP contribution in [0.4, 0.5) is 5.95 Å². The van der Waals surface area contributed by atoms with Gasteiger partial charge in [0.25, 0.3) is 0 Å². The number of nitrogens with two attached hydrogens (primary N) is 1. The molecule has 3 fully saturated rings. The van der Waals surface area contributed by atoms with Gasteiger partial charge in [-0.05, 0) is 108 Å². The molecule has 1 aromatic rings. The third kappa shape index (κ3) is 5.10. The van der Waals surface area contributed by atoms with Crippen molar-refractivity contribution in [2.75, 3.05) is 45.3 Å². The first-order chi connectivity index (χ1) is 19.6. The van der Waals surface area contributed by atoms with Crippen LogP contribution in [0.5, 0.6) is 0 Å². The van der Waals surface area contributed by atoms with Crippen molar-refractivity contribution in [3.05, 3.63) is 11.6 Å². The number of nitrogens with zero attached hydrogens (tertiary/aromatic N) is 7. The maximum Gasteiger partial charge on any atom is 0.229 e. The molecule has 9 heteroatoms. The number of hydrogen-bond acceptors (Lipinski definition) is 9. The second-order valence-corrected chi connectivity index (χ2v) is 15.8. The van der Waals surface area contributed by atoms with Crippen molar-refractivity contribution in [3.63, 3.8) is 0 Å². The third-order valence-corrected chi connectivity index (χ3v) is 12.1. The predicted octanol–water partition coefficient (Wildman–Crippen LogP) is 4.55. The molecule has 0 amide bonds. The van der Waals surface area contributed by atoms with Crippen LogP contribution in [-0.2, 0) is 10.2 Å². The van der Waals surface area contributed by atoms with E-state index >= 15 is 0 Å². The van der Waals surface area contributed by atoms with E-state index in [0.29, 0.717) is 13.2 Å². The van der Waals surface area contributed by atoms with Gasteiger partial charge in [0.05, 0.1) is 30.6 Å². The number of rotatable bonds is 1. The highest BCUT2D eigenvalue weighted by Crippen LogP contribution is 2.53. The number of fused-ring (bicyclic) bond motifs is 5. The van der Waals surface area contributed by atoms with Crippen molar-refractivity contribution in [3.8, 4) is 0 Å². The molecule has 1 aromatic heterocycles. The number of aliphatic imine (C=N–C) groups is 1. The van der Waals surface area contributed by atoms with Crippen LogP contribution in [0.1, 0.15) is 118 Å². The van der Waals surface area contributed by atoms with Crippen molar-refractivity contribution in [1.29, 1.82) is 0 Å². The molecule has 5 rings (SSSR count). The van der Waals surface area contributed by atoms with Gasteiger partial charge in [-0.25, -0.2) is 4.98 Å². The van der Waals surface area contributed by atoms with Crippen molar-refractivity contribution in [2.24, 2.45) is 10.7 Å². The Morgan fingerprint density at radius 1 is 0.833 bits per heavy atom. The summed E-state index contributed by atoms with van der Waals surface area (Å²) in [5, 5.41) is 0. The van der Waals surface area contributed by atoms with Crippen LogP contribution >= 0.6 is 0 Å². The van der Waals surface area contributed by atoms with E-state index in [4.69, 9.17) is 30.4 Å². The molecule has 4 unspecified atom stereocenters. The number of aromatic nitrogens is 3. The highest BCUT2D eigenvalue weighted by atomic mass is 16.5. The van der Waals surface area contributed by atoms with Gasteiger partial charge < -0.3 is 15.4 Å². The molecule has 4 atom stereocenters. The fraction of sp³-hybridized carbons (Fsp3) is 0.879. The van der Waals surface area contributed by atoms with E-state index in [-0.39, 0.29) is 40.2 Å². The Labute approximate surface area is 255 Å². The van der Waals surface area contributed by atoms with Gasteiger partial charge in [0.2, 0.25) is 5.95 Å². The van der Waals surface area contributed by atoms with E-state index < -0.39 is 5.41 Å². The molecule has 2 bridgehead atoms. The quantitative estimate of drug-likeness (QED) is 0.516. The lowest BCUT2D eigenvalue weighted by Gasteiger charge is -2.63. The number of likely N-dealkylation sites (N-methyl/N-ethyl adjacent to an activating group) is 2. The van der Waals surface area contributed by atoms with Crippen LogP contribution in [0.3, 0.4) is 0 Å². The molecule has 2 N–H and O–H groups in total. The van der Waals surface area contributed by atoms with Crippen molar-refractivity contribution < 1.29 is 4.74 Å². The molecular weight excluding hydrogens is 524 g/mol. The molecule has 1 spiro atoms. The standard InChI is InChI=1S/C33H58N8O/c1-29(2)21-23-25(31(5,6)39(29)9)26-36-27(38-28(37-26)41-17-19-42-20-18-41)33(15-13-11-12-14-16-35-23)24(34)22-30(3,4)40(10)32(33,7)8/h16,23-25H,11-15,17-22,34H2,1-10H3. The molecule has 4 aliphatic heterocycles. The molecule has 0 aromatic carbocycles. The Kier molecular flexibility index (Phi) is 8.34. The number of piperidine rings is 2. The molecule has 4 aliphatic rings. The Hall–Kier alpha value is -1.68. The highest BCUT2D eigenvalue weighted by Gasteiger charge is 2.61. The topological polar surface area (TPSA) is 96.0 Å². The summed E-state index contributed by atoms with van der Waals surface area (Å²) in [6.45, 7) is 21.7. The number of ether oxygens (including phenoxy) is 1. The van der Waals surface area contributed by atoms with E-state index in [1.165, 1.54) is 0 Å². The fourth-order valence-electron chi connectivity index (χ4n) is 8.90. The zero-order valence-electron chi connectivity index (χ0n) is 28.2. The van der Waals surface area contributed by atoms with Crippen LogP contribution in [0, 0.1) is 0 Å². The van der Waals surface area contributed by atoms with Gasteiger partial charge >= 0.3 is 0 Å². The Morgan fingerprint density at radius 2 is 1.50 bits per heavy atom. The van der Waals surface area contributed by atoms with E-state index in [0.717, 1.165) is 75.6 Å². The van der Waals surface area contributed by atoms with E-state index in [1.54, 1.807) is 0 Å². The van der Waals surface area contributed by atoms with E-state index in [9.17, 15) is 0 Å². The minimum Gasteiger partial charge on any atom is -0.378 e. The molecule has 0 radical (unpaired) electrons. The molecule has 0 saturated carbocycles. The second kappa shape index (κ2) is 11.0. The van der Waals surface area contributed by atoms with E-state index in [1.807, 2.05) is 0 Å². The maximum absolute atomic E-state index is 7.39. The molecule has 5 heterocycles. The van der Waals surface area contributed by atoms with Gasteiger partial charge in [0.1, 0.15) is 11.6 Å². The van der Waals surface area contributed by atoms with Gasteiger partial charge in [-0.1, -0.05) is 12.8 Å². The lowest BCUT2D eigenvalue weighted by Crippen LogP contribution is -2.74. The number of anilines is 1. The van der Waals surface area contributed by atoms with Gasteiger partial charge in [-0.2, -0.15) is 9.97 Å². The molecule has 3 saturated heterocycles. The molecule has 236 valence electrons. The number of morpholine rings is 1. The SMILES string of the molecule is CN1C(C)(C)CC2N=CCCCCCC3(c4nc(nc(N5CCOCC5)n4)C2C1(C)C)C(N)CC(C)(C)N(C)C3(C)C. The van der Waals surface area contributed by atoms with Crippen LogP contribution in [0.2, 0.25) is 0 Å². The highest BCUT2D eigenvalue weighted by molar-refractivity contribution is 5.57. The zero-order chi connectivity index (χ0) is 30.7. The van der Waals surface area contributed by atoms with Crippen molar-refractivity contribution >= 4 is 12.2 Å². The number of likely N-dealkylation sites (tertiary alicyclic amines) is 2. The van der Waals surface area contributed by atoms with Crippen LogP contribution < -0.4 is 10.6 Å². The first-order valence-corrected chi connectivity index (χ1v) is 16.4. The summed E-state index contributed by atoms with van der Waals surface area (Å²) in [7, 11) is 4.52.